The van der Waals surface area contributed by atoms with Gasteiger partial charge in [-0.25, -0.2) is 4.39 Å². The first-order chi connectivity index (χ1) is 9.70. The zero-order valence-corrected chi connectivity index (χ0v) is 12.2. The highest BCUT2D eigenvalue weighted by Crippen LogP contribution is 2.32. The van der Waals surface area contributed by atoms with Crippen LogP contribution in [0.1, 0.15) is 11.3 Å². The second-order valence-electron chi connectivity index (χ2n) is 4.73. The smallest absolute Gasteiger partial charge is 0.123 e. The molecule has 0 aliphatic carbocycles. The molecule has 2 aromatic heterocycles. The molecule has 20 heavy (non-hydrogen) atoms. The Bertz CT molecular complexity index is 764. The van der Waals surface area contributed by atoms with E-state index in [1.54, 1.807) is 23.9 Å². The number of hydrogen-bond acceptors (Lipinski definition) is 2. The lowest BCUT2D eigenvalue weighted by atomic mass is 10.2. The summed E-state index contributed by atoms with van der Waals surface area (Å²) >= 11 is 1.74. The van der Waals surface area contributed by atoms with E-state index in [1.807, 2.05) is 24.5 Å². The Labute approximate surface area is 121 Å². The van der Waals surface area contributed by atoms with Gasteiger partial charge < -0.3 is 4.57 Å². The Hall–Kier alpha value is -1.81. The molecule has 0 atom stereocenters. The number of pyridine rings is 1. The first-order valence-electron chi connectivity index (χ1n) is 6.42. The average molecular weight is 286 g/mol. The molecule has 102 valence electrons. The van der Waals surface area contributed by atoms with Crippen molar-refractivity contribution < 1.29 is 4.39 Å². The molecule has 0 saturated heterocycles. The molecule has 0 N–H and O–H groups in total. The number of benzene rings is 1. The van der Waals surface area contributed by atoms with E-state index in [-0.39, 0.29) is 5.82 Å². The monoisotopic (exact) mass is 286 g/mol. The van der Waals surface area contributed by atoms with Gasteiger partial charge in [-0.2, -0.15) is 0 Å². The predicted octanol–water partition coefficient (Wildman–Crippen LogP) is 4.25. The normalized spacial score (nSPS) is 11.2. The topological polar surface area (TPSA) is 17.8 Å². The number of hydrogen-bond donors (Lipinski definition) is 0. The third kappa shape index (κ3) is 2.20. The van der Waals surface area contributed by atoms with Crippen molar-refractivity contribution >= 4 is 22.7 Å². The van der Waals surface area contributed by atoms with Crippen LogP contribution in [0.2, 0.25) is 0 Å². The molecule has 3 aromatic rings. The summed E-state index contributed by atoms with van der Waals surface area (Å²) in [6.07, 6.45) is 5.77. The molecule has 1 aromatic carbocycles. The summed E-state index contributed by atoms with van der Waals surface area (Å²) in [6.45, 7) is 2.76. The zero-order chi connectivity index (χ0) is 14.1. The number of aromatic nitrogens is 2. The molecule has 4 heteroatoms. The Morgan fingerprint density at radius 1 is 1.30 bits per heavy atom. The number of rotatable bonds is 3. The molecule has 0 amide bonds. The molecule has 0 bridgehead atoms. The maximum Gasteiger partial charge on any atom is 0.123 e. The van der Waals surface area contributed by atoms with Crippen molar-refractivity contribution in [3.63, 3.8) is 0 Å². The highest BCUT2D eigenvalue weighted by Gasteiger charge is 2.13. The Kier molecular flexibility index (Phi) is 3.49. The minimum Gasteiger partial charge on any atom is -0.338 e. The molecular weight excluding hydrogens is 271 g/mol. The lowest BCUT2D eigenvalue weighted by Gasteiger charge is -2.08. The molecule has 0 spiro atoms. The Morgan fingerprint density at radius 3 is 2.90 bits per heavy atom. The van der Waals surface area contributed by atoms with Crippen LogP contribution >= 0.6 is 11.8 Å². The molecule has 0 fully saturated rings. The minimum absolute atomic E-state index is 0.195. The maximum atomic E-state index is 13.3. The summed E-state index contributed by atoms with van der Waals surface area (Å²) in [6, 6.07) is 8.79. The van der Waals surface area contributed by atoms with Gasteiger partial charge >= 0.3 is 0 Å². The van der Waals surface area contributed by atoms with Gasteiger partial charge in [-0.15, -0.1) is 11.8 Å². The van der Waals surface area contributed by atoms with Gasteiger partial charge in [-0.05, 0) is 36.9 Å². The van der Waals surface area contributed by atoms with Crippen LogP contribution in [0.25, 0.3) is 10.9 Å². The van der Waals surface area contributed by atoms with Crippen molar-refractivity contribution in [3.05, 3.63) is 59.8 Å². The third-order valence-electron chi connectivity index (χ3n) is 3.50. The number of nitrogens with zero attached hydrogens (tertiary/aromatic N) is 2. The fraction of sp³-hybridized carbons (Fsp3) is 0.188. The summed E-state index contributed by atoms with van der Waals surface area (Å²) in [5, 5.41) is 1.21. The molecule has 0 aliphatic heterocycles. The van der Waals surface area contributed by atoms with Crippen LogP contribution < -0.4 is 0 Å². The summed E-state index contributed by atoms with van der Waals surface area (Å²) in [7, 11) is 0. The van der Waals surface area contributed by atoms with Crippen molar-refractivity contribution in [1.82, 2.24) is 9.55 Å². The molecular formula is C16H15FN2S. The van der Waals surface area contributed by atoms with Crippen LogP contribution in [-0.2, 0) is 6.54 Å². The molecule has 2 heterocycles. The van der Waals surface area contributed by atoms with Gasteiger partial charge in [0.25, 0.3) is 0 Å². The van der Waals surface area contributed by atoms with E-state index >= 15 is 0 Å². The van der Waals surface area contributed by atoms with Gasteiger partial charge in [-0.3, -0.25) is 4.98 Å². The zero-order valence-electron chi connectivity index (χ0n) is 11.4. The Balaban J connectivity index is 2.14. The second-order valence-corrected chi connectivity index (χ2v) is 5.54. The molecule has 0 radical (unpaired) electrons. The van der Waals surface area contributed by atoms with Gasteiger partial charge in [0.15, 0.2) is 0 Å². The van der Waals surface area contributed by atoms with Gasteiger partial charge in [-0.1, -0.05) is 12.1 Å². The van der Waals surface area contributed by atoms with Gasteiger partial charge in [0.05, 0.1) is 11.7 Å². The SMILES string of the molecule is CSc1c(C)n(Cc2cccc(F)c2)c2cnccc12. The van der Waals surface area contributed by atoms with E-state index in [4.69, 9.17) is 0 Å². The van der Waals surface area contributed by atoms with E-state index in [0.29, 0.717) is 6.54 Å². The van der Waals surface area contributed by atoms with Crippen LogP contribution in [0, 0.1) is 12.7 Å². The van der Waals surface area contributed by atoms with Crippen LogP contribution in [-0.4, -0.2) is 15.8 Å². The van der Waals surface area contributed by atoms with Crippen molar-refractivity contribution in [2.75, 3.05) is 6.26 Å². The quantitative estimate of drug-likeness (QED) is 0.670. The average Bonchev–Trinajstić information content (AvgIpc) is 2.72. The molecule has 3 rings (SSSR count). The van der Waals surface area contributed by atoms with E-state index in [2.05, 4.69) is 22.7 Å². The first-order valence-corrected chi connectivity index (χ1v) is 7.64. The van der Waals surface area contributed by atoms with Gasteiger partial charge in [0, 0.05) is 28.7 Å². The summed E-state index contributed by atoms with van der Waals surface area (Å²) in [5.41, 5.74) is 3.25. The second kappa shape index (κ2) is 5.29. The van der Waals surface area contributed by atoms with Crippen LogP contribution in [0.15, 0.2) is 47.6 Å². The molecule has 0 unspecified atom stereocenters. The summed E-state index contributed by atoms with van der Waals surface area (Å²) < 4.78 is 15.5. The molecule has 2 nitrogen and oxygen atoms in total. The first kappa shape index (κ1) is 13.2. The molecule has 0 aliphatic rings. The van der Waals surface area contributed by atoms with Gasteiger partial charge in [0.2, 0.25) is 0 Å². The highest BCUT2D eigenvalue weighted by atomic mass is 32.2. The lowest BCUT2D eigenvalue weighted by molar-refractivity contribution is 0.623. The Morgan fingerprint density at radius 2 is 2.15 bits per heavy atom. The van der Waals surface area contributed by atoms with Crippen molar-refractivity contribution in [3.8, 4) is 0 Å². The van der Waals surface area contributed by atoms with E-state index in [1.165, 1.54) is 22.0 Å². The van der Waals surface area contributed by atoms with Crippen LogP contribution in [0.5, 0.6) is 0 Å². The minimum atomic E-state index is -0.195. The summed E-state index contributed by atoms with van der Waals surface area (Å²) in [5.74, 6) is -0.195. The molecule has 0 saturated carbocycles. The highest BCUT2D eigenvalue weighted by molar-refractivity contribution is 7.98. The number of halogens is 1. The van der Waals surface area contributed by atoms with E-state index in [9.17, 15) is 4.39 Å². The summed E-state index contributed by atoms with van der Waals surface area (Å²) in [4.78, 5) is 5.48. The fourth-order valence-electron chi connectivity index (χ4n) is 2.57. The van der Waals surface area contributed by atoms with Crippen molar-refractivity contribution in [2.45, 2.75) is 18.4 Å². The van der Waals surface area contributed by atoms with Crippen molar-refractivity contribution in [2.24, 2.45) is 0 Å². The van der Waals surface area contributed by atoms with E-state index in [0.717, 1.165) is 11.1 Å². The van der Waals surface area contributed by atoms with Crippen LogP contribution in [0.4, 0.5) is 4.39 Å². The van der Waals surface area contributed by atoms with Gasteiger partial charge in [0.1, 0.15) is 5.82 Å². The lowest BCUT2D eigenvalue weighted by Crippen LogP contribution is -2.02. The standard InChI is InChI=1S/C16H15FN2S/c1-11-16(20-2)14-6-7-18-9-15(14)19(11)10-12-4-3-5-13(17)8-12/h3-9H,10H2,1-2H3. The largest absolute Gasteiger partial charge is 0.338 e. The van der Waals surface area contributed by atoms with E-state index < -0.39 is 0 Å². The number of fused-ring (bicyclic) bond motifs is 1. The fourth-order valence-corrected chi connectivity index (χ4v) is 3.37. The third-order valence-corrected chi connectivity index (χ3v) is 4.43. The van der Waals surface area contributed by atoms with Crippen LogP contribution in [0.3, 0.4) is 0 Å². The van der Waals surface area contributed by atoms with Crippen molar-refractivity contribution in [1.29, 1.82) is 0 Å². The maximum absolute atomic E-state index is 13.3. The number of thioether (sulfide) groups is 1. The predicted molar refractivity (Wildman–Crippen MR) is 81.8 cm³/mol.